The van der Waals surface area contributed by atoms with E-state index in [1.807, 2.05) is 61.9 Å². The van der Waals surface area contributed by atoms with Gasteiger partial charge in [-0.15, -0.1) is 0 Å². The third kappa shape index (κ3) is 4.92. The Morgan fingerprint density at radius 2 is 1.82 bits per heavy atom. The van der Waals surface area contributed by atoms with Gasteiger partial charge in [-0.1, -0.05) is 18.7 Å². The number of aromatic nitrogens is 5. The lowest BCUT2D eigenvalue weighted by molar-refractivity contribution is 0.240. The lowest BCUT2D eigenvalue weighted by Crippen LogP contribution is -2.19. The summed E-state index contributed by atoms with van der Waals surface area (Å²) in [6, 6.07) is 13.7. The van der Waals surface area contributed by atoms with Gasteiger partial charge in [-0.05, 0) is 73.4 Å². The molecule has 4 N–H and O–H groups in total. The monoisotopic (exact) mass is 537 g/mol. The normalized spacial score (nSPS) is 11.8. The summed E-state index contributed by atoms with van der Waals surface area (Å²) in [5, 5.41) is 13.9. The number of hydrogen-bond donors (Lipinski definition) is 3. The van der Waals surface area contributed by atoms with E-state index in [1.165, 1.54) is 6.33 Å². The SMILES string of the molecule is C=C(C)C(O)Nc1ccc(-c2c(-c3cc(C)c(Oc4nccc(C)n4)c(OC)c3)c3c(N)ncnc3n2C)cc1. The average molecular weight is 538 g/mol. The van der Waals surface area contributed by atoms with Crippen molar-refractivity contribution in [3.63, 3.8) is 0 Å². The predicted octanol–water partition coefficient (Wildman–Crippen LogP) is 5.40. The molecule has 10 heteroatoms. The van der Waals surface area contributed by atoms with Gasteiger partial charge in [-0.2, -0.15) is 0 Å². The van der Waals surface area contributed by atoms with Crippen molar-refractivity contribution < 1.29 is 14.6 Å². The first-order valence-electron chi connectivity index (χ1n) is 12.6. The van der Waals surface area contributed by atoms with E-state index in [1.54, 1.807) is 26.3 Å². The quantitative estimate of drug-likeness (QED) is 0.176. The van der Waals surface area contributed by atoms with Crippen LogP contribution in [0.15, 0.2) is 67.1 Å². The Morgan fingerprint density at radius 3 is 2.50 bits per heavy atom. The minimum absolute atomic E-state index is 0.239. The number of anilines is 2. The summed E-state index contributed by atoms with van der Waals surface area (Å²) in [7, 11) is 3.54. The Balaban J connectivity index is 1.67. The van der Waals surface area contributed by atoms with Crippen molar-refractivity contribution in [1.29, 1.82) is 0 Å². The number of rotatable bonds is 8. The molecule has 0 fully saturated rings. The van der Waals surface area contributed by atoms with Crippen molar-refractivity contribution >= 4 is 22.5 Å². The largest absolute Gasteiger partial charge is 0.493 e. The fraction of sp³-hybridized carbons (Fsp3) is 0.200. The summed E-state index contributed by atoms with van der Waals surface area (Å²) in [6.07, 6.45) is 2.27. The van der Waals surface area contributed by atoms with Crippen LogP contribution in [0.25, 0.3) is 33.4 Å². The lowest BCUT2D eigenvalue weighted by atomic mass is 9.96. The number of hydrogen-bond acceptors (Lipinski definition) is 9. The zero-order valence-corrected chi connectivity index (χ0v) is 23.1. The van der Waals surface area contributed by atoms with Crippen LogP contribution in [0.4, 0.5) is 11.5 Å². The maximum Gasteiger partial charge on any atom is 0.322 e. The topological polar surface area (TPSA) is 133 Å². The van der Waals surface area contributed by atoms with E-state index in [9.17, 15) is 5.11 Å². The molecular formula is C30H31N7O3. The third-order valence-electron chi connectivity index (χ3n) is 6.64. The highest BCUT2D eigenvalue weighted by Gasteiger charge is 2.24. The van der Waals surface area contributed by atoms with E-state index >= 15 is 0 Å². The molecule has 0 bridgehead atoms. The summed E-state index contributed by atoms with van der Waals surface area (Å²) in [5.41, 5.74) is 13.7. The molecule has 0 aliphatic heterocycles. The van der Waals surface area contributed by atoms with Gasteiger partial charge in [0.2, 0.25) is 0 Å². The standard InChI is InChI=1S/C30H31N7O3/c1-16(2)29(38)36-21-9-7-19(8-10-21)25-23(24-27(31)33-15-34-28(24)37(25)5)20-13-17(3)26(22(14-20)39-6)40-30-32-12-11-18(4)35-30/h7-15,29,36,38H,1H2,2-6H3,(H2,31,33,34). The molecule has 204 valence electrons. The number of ether oxygens (including phenoxy) is 2. The molecule has 10 nitrogen and oxygen atoms in total. The van der Waals surface area contributed by atoms with E-state index in [4.69, 9.17) is 15.2 Å². The number of aryl methyl sites for hydroxylation is 3. The summed E-state index contributed by atoms with van der Waals surface area (Å²) >= 11 is 0. The molecule has 1 atom stereocenters. The highest BCUT2D eigenvalue weighted by atomic mass is 16.5. The minimum Gasteiger partial charge on any atom is -0.493 e. The zero-order chi connectivity index (χ0) is 28.6. The molecule has 1 unspecified atom stereocenters. The molecule has 0 saturated carbocycles. The number of aliphatic hydroxyl groups is 1. The molecule has 0 radical (unpaired) electrons. The Hall–Kier alpha value is -4.96. The molecule has 0 amide bonds. The Morgan fingerprint density at radius 1 is 1.07 bits per heavy atom. The van der Waals surface area contributed by atoms with Gasteiger partial charge in [0.25, 0.3) is 0 Å². The van der Waals surface area contributed by atoms with Crippen LogP contribution in [0, 0.1) is 13.8 Å². The van der Waals surface area contributed by atoms with Crippen molar-refractivity contribution in [2.24, 2.45) is 7.05 Å². The van der Waals surface area contributed by atoms with E-state index in [0.717, 1.165) is 44.7 Å². The Labute approximate surface area is 232 Å². The van der Waals surface area contributed by atoms with Gasteiger partial charge in [0, 0.05) is 30.2 Å². The number of nitrogens with zero attached hydrogens (tertiary/aromatic N) is 5. The molecule has 3 aromatic heterocycles. The highest BCUT2D eigenvalue weighted by Crippen LogP contribution is 2.45. The van der Waals surface area contributed by atoms with Gasteiger partial charge in [-0.25, -0.2) is 19.9 Å². The third-order valence-corrected chi connectivity index (χ3v) is 6.64. The molecule has 3 heterocycles. The molecule has 40 heavy (non-hydrogen) atoms. The second kappa shape index (κ2) is 10.7. The van der Waals surface area contributed by atoms with Crippen molar-refractivity contribution in [3.05, 3.63) is 78.4 Å². The second-order valence-corrected chi connectivity index (χ2v) is 9.62. The first-order chi connectivity index (χ1) is 19.2. The Bertz CT molecular complexity index is 1730. The van der Waals surface area contributed by atoms with Crippen LogP contribution < -0.4 is 20.5 Å². The molecule has 0 aliphatic carbocycles. The fourth-order valence-corrected chi connectivity index (χ4v) is 4.63. The van der Waals surface area contributed by atoms with Gasteiger partial charge < -0.3 is 30.2 Å². The number of fused-ring (bicyclic) bond motifs is 1. The molecule has 0 saturated heterocycles. The second-order valence-electron chi connectivity index (χ2n) is 9.62. The first kappa shape index (κ1) is 26.6. The van der Waals surface area contributed by atoms with E-state index in [-0.39, 0.29) is 6.01 Å². The molecular weight excluding hydrogens is 506 g/mol. The maximum absolute atomic E-state index is 10.2. The number of benzene rings is 2. The summed E-state index contributed by atoms with van der Waals surface area (Å²) in [6.45, 7) is 9.37. The van der Waals surface area contributed by atoms with Gasteiger partial charge in [0.15, 0.2) is 11.5 Å². The van der Waals surface area contributed by atoms with Crippen LogP contribution >= 0.6 is 0 Å². The first-order valence-corrected chi connectivity index (χ1v) is 12.6. The molecule has 0 aliphatic rings. The molecule has 5 aromatic rings. The van der Waals surface area contributed by atoms with Crippen molar-refractivity contribution in [1.82, 2.24) is 24.5 Å². The minimum atomic E-state index is -0.838. The van der Waals surface area contributed by atoms with Crippen LogP contribution in [0.1, 0.15) is 18.2 Å². The van der Waals surface area contributed by atoms with E-state index in [2.05, 4.69) is 31.8 Å². The van der Waals surface area contributed by atoms with E-state index < -0.39 is 6.23 Å². The number of nitrogens with two attached hydrogens (primary N) is 1. The van der Waals surface area contributed by atoms with Crippen LogP contribution in [0.2, 0.25) is 0 Å². The van der Waals surface area contributed by atoms with Crippen molar-refractivity contribution in [2.75, 3.05) is 18.2 Å². The molecule has 2 aromatic carbocycles. The summed E-state index contributed by atoms with van der Waals surface area (Å²) in [5.74, 6) is 1.41. The van der Waals surface area contributed by atoms with Gasteiger partial charge in [0.1, 0.15) is 24.0 Å². The van der Waals surface area contributed by atoms with Crippen LogP contribution in [0.5, 0.6) is 17.5 Å². The summed E-state index contributed by atoms with van der Waals surface area (Å²) in [4.78, 5) is 17.4. The molecule has 5 rings (SSSR count). The van der Waals surface area contributed by atoms with Gasteiger partial charge in [0.05, 0.1) is 18.2 Å². The van der Waals surface area contributed by atoms with Crippen LogP contribution in [-0.4, -0.2) is 42.9 Å². The van der Waals surface area contributed by atoms with Gasteiger partial charge in [-0.3, -0.25) is 0 Å². The van der Waals surface area contributed by atoms with E-state index in [0.29, 0.717) is 28.5 Å². The number of aliphatic hydroxyl groups excluding tert-OH is 1. The van der Waals surface area contributed by atoms with Crippen LogP contribution in [-0.2, 0) is 7.05 Å². The Kier molecular flexibility index (Phi) is 7.10. The lowest BCUT2D eigenvalue weighted by Gasteiger charge is -2.16. The number of methoxy groups -OCH3 is 1. The van der Waals surface area contributed by atoms with Crippen LogP contribution in [0.3, 0.4) is 0 Å². The smallest absolute Gasteiger partial charge is 0.322 e. The maximum atomic E-state index is 10.2. The van der Waals surface area contributed by atoms with Crippen molar-refractivity contribution in [3.8, 4) is 39.9 Å². The highest BCUT2D eigenvalue weighted by molar-refractivity contribution is 6.08. The number of nitrogens with one attached hydrogen (secondary N) is 1. The number of nitrogen functional groups attached to an aromatic ring is 1. The van der Waals surface area contributed by atoms with Gasteiger partial charge >= 0.3 is 6.01 Å². The fourth-order valence-electron chi connectivity index (χ4n) is 4.63. The zero-order valence-electron chi connectivity index (χ0n) is 23.1. The average Bonchev–Trinajstić information content (AvgIpc) is 3.23. The predicted molar refractivity (Wildman–Crippen MR) is 156 cm³/mol. The van der Waals surface area contributed by atoms with Crippen molar-refractivity contribution in [2.45, 2.75) is 27.0 Å². The summed E-state index contributed by atoms with van der Waals surface area (Å²) < 4.78 is 13.8. The molecule has 0 spiro atoms.